The molecule has 0 N–H and O–H groups in total. The van der Waals surface area contributed by atoms with E-state index < -0.39 is 5.60 Å². The van der Waals surface area contributed by atoms with Crippen LogP contribution in [0.5, 0.6) is 5.75 Å². The average Bonchev–Trinajstić information content (AvgIpc) is 2.84. The van der Waals surface area contributed by atoms with Gasteiger partial charge < -0.3 is 4.74 Å². The topological polar surface area (TPSA) is 9.23 Å². The van der Waals surface area contributed by atoms with Gasteiger partial charge in [0.2, 0.25) is 0 Å². The fraction of sp³-hybridized carbons (Fsp3) is 0.333. The first-order valence-electron chi connectivity index (χ1n) is 11.7. The molecule has 1 spiro atoms. The molecule has 5 rings (SSSR count). The lowest BCUT2D eigenvalue weighted by atomic mass is 9.73. The molecular formula is C30H36O. The highest BCUT2D eigenvalue weighted by atomic mass is 16.5. The largest absolute Gasteiger partial charge is 0.473 e. The maximum Gasteiger partial charge on any atom is 0.178 e. The van der Waals surface area contributed by atoms with Crippen LogP contribution in [0, 0.1) is 27.7 Å². The fourth-order valence-electron chi connectivity index (χ4n) is 4.75. The van der Waals surface area contributed by atoms with Gasteiger partial charge in [-0.05, 0) is 73.6 Å². The van der Waals surface area contributed by atoms with Crippen LogP contribution < -0.4 is 4.74 Å². The summed E-state index contributed by atoms with van der Waals surface area (Å²) in [4.78, 5) is 0. The second-order valence-electron chi connectivity index (χ2n) is 7.90. The lowest BCUT2D eigenvalue weighted by Gasteiger charge is -2.42. The summed E-state index contributed by atoms with van der Waals surface area (Å²) in [5.41, 5.74) is 11.2. The molecule has 3 aromatic rings. The van der Waals surface area contributed by atoms with Gasteiger partial charge in [-0.25, -0.2) is 0 Å². The molecule has 1 heterocycles. The zero-order valence-corrected chi connectivity index (χ0v) is 20.4. The Labute approximate surface area is 188 Å². The van der Waals surface area contributed by atoms with E-state index in [9.17, 15) is 0 Å². The number of benzene rings is 3. The Kier molecular flexibility index (Phi) is 6.74. The Balaban J connectivity index is 0.000000645. The third-order valence-corrected chi connectivity index (χ3v) is 6.64. The molecule has 1 heteroatoms. The van der Waals surface area contributed by atoms with E-state index in [2.05, 4.69) is 88.4 Å². The molecule has 31 heavy (non-hydrogen) atoms. The molecule has 0 amide bonds. The molecular weight excluding hydrogens is 376 g/mol. The molecule has 0 bridgehead atoms. The Morgan fingerprint density at radius 2 is 1.13 bits per heavy atom. The Hall–Kier alpha value is -2.80. The van der Waals surface area contributed by atoms with Gasteiger partial charge in [-0.3, -0.25) is 0 Å². The zero-order valence-electron chi connectivity index (χ0n) is 20.4. The summed E-state index contributed by atoms with van der Waals surface area (Å²) in [7, 11) is 0. The van der Waals surface area contributed by atoms with Crippen molar-refractivity contribution in [2.45, 2.75) is 67.4 Å². The second kappa shape index (κ2) is 9.14. The van der Waals surface area contributed by atoms with Crippen molar-refractivity contribution in [3.05, 3.63) is 105 Å². The van der Waals surface area contributed by atoms with Crippen LogP contribution in [0.15, 0.2) is 54.6 Å². The predicted octanol–water partition coefficient (Wildman–Crippen LogP) is 8.23. The third-order valence-electron chi connectivity index (χ3n) is 6.64. The van der Waals surface area contributed by atoms with Crippen LogP contribution in [0.2, 0.25) is 0 Å². The Bertz CT molecular complexity index is 1070. The minimum atomic E-state index is -0.544. The normalized spacial score (nSPS) is 14.1. The first-order chi connectivity index (χ1) is 15.0. The van der Waals surface area contributed by atoms with Crippen molar-refractivity contribution in [1.82, 2.24) is 0 Å². The van der Waals surface area contributed by atoms with Gasteiger partial charge in [0.1, 0.15) is 5.75 Å². The zero-order chi connectivity index (χ0) is 22.8. The summed E-state index contributed by atoms with van der Waals surface area (Å²) in [6, 6.07) is 17.4. The van der Waals surface area contributed by atoms with Crippen molar-refractivity contribution < 1.29 is 4.74 Å². The van der Waals surface area contributed by atoms with Gasteiger partial charge in [0.15, 0.2) is 5.60 Å². The Morgan fingerprint density at radius 1 is 0.645 bits per heavy atom. The minimum Gasteiger partial charge on any atom is -0.473 e. The highest BCUT2D eigenvalue weighted by Gasteiger charge is 2.43. The van der Waals surface area contributed by atoms with Crippen molar-refractivity contribution >= 4 is 6.08 Å². The summed E-state index contributed by atoms with van der Waals surface area (Å²) >= 11 is 0. The summed E-state index contributed by atoms with van der Waals surface area (Å²) in [6.07, 6.45) is 5.52. The van der Waals surface area contributed by atoms with Crippen molar-refractivity contribution in [1.29, 1.82) is 0 Å². The standard InChI is InChI=1S/C26H24O.2C2H6/c1-16-17(2)19(4)25-22(18(16)3)13-14-26(27-25)23-11-7-5-9-20(23)15-21-10-6-8-12-24(21)26;2*1-2/h5-14H,15H2,1-4H3;2*1-2H3. The highest BCUT2D eigenvalue weighted by molar-refractivity contribution is 5.72. The van der Waals surface area contributed by atoms with Gasteiger partial charge in [-0.1, -0.05) is 82.3 Å². The van der Waals surface area contributed by atoms with E-state index in [1.807, 2.05) is 27.7 Å². The maximum absolute atomic E-state index is 6.97. The van der Waals surface area contributed by atoms with Crippen molar-refractivity contribution in [2.24, 2.45) is 0 Å². The van der Waals surface area contributed by atoms with Crippen LogP contribution in [-0.2, 0) is 12.0 Å². The number of rotatable bonds is 0. The van der Waals surface area contributed by atoms with E-state index in [-0.39, 0.29) is 0 Å². The summed E-state index contributed by atoms with van der Waals surface area (Å²) < 4.78 is 6.97. The van der Waals surface area contributed by atoms with Crippen LogP contribution in [0.3, 0.4) is 0 Å². The maximum atomic E-state index is 6.97. The van der Waals surface area contributed by atoms with Crippen molar-refractivity contribution in [2.75, 3.05) is 0 Å². The van der Waals surface area contributed by atoms with Gasteiger partial charge in [0.25, 0.3) is 0 Å². The lowest BCUT2D eigenvalue weighted by Crippen LogP contribution is -2.39. The van der Waals surface area contributed by atoms with E-state index in [1.54, 1.807) is 0 Å². The SMILES string of the molecule is CC.CC.Cc1c(C)c(C)c2c(c1C)C=CC1(O2)c2ccccc2Cc2ccccc21. The van der Waals surface area contributed by atoms with Gasteiger partial charge in [-0.15, -0.1) is 0 Å². The van der Waals surface area contributed by atoms with Crippen LogP contribution in [0.4, 0.5) is 0 Å². The number of fused-ring (bicyclic) bond motifs is 5. The van der Waals surface area contributed by atoms with Crippen LogP contribution in [0.25, 0.3) is 6.08 Å². The molecule has 1 aliphatic heterocycles. The molecule has 1 aliphatic carbocycles. The summed E-state index contributed by atoms with van der Waals surface area (Å²) in [6.45, 7) is 16.8. The van der Waals surface area contributed by atoms with Gasteiger partial charge in [-0.2, -0.15) is 0 Å². The van der Waals surface area contributed by atoms with Crippen molar-refractivity contribution in [3.8, 4) is 5.75 Å². The molecule has 0 aromatic heterocycles. The molecule has 0 saturated carbocycles. The number of hydrogen-bond acceptors (Lipinski definition) is 1. The minimum absolute atomic E-state index is 0.544. The second-order valence-corrected chi connectivity index (χ2v) is 7.90. The molecule has 3 aromatic carbocycles. The van der Waals surface area contributed by atoms with Crippen LogP contribution in [-0.4, -0.2) is 0 Å². The fourth-order valence-corrected chi connectivity index (χ4v) is 4.75. The first kappa shape index (κ1) is 22.9. The monoisotopic (exact) mass is 412 g/mol. The highest BCUT2D eigenvalue weighted by Crippen LogP contribution is 2.49. The van der Waals surface area contributed by atoms with Crippen molar-refractivity contribution in [3.63, 3.8) is 0 Å². The smallest absolute Gasteiger partial charge is 0.178 e. The first-order valence-corrected chi connectivity index (χ1v) is 11.7. The molecule has 0 atom stereocenters. The third kappa shape index (κ3) is 3.51. The molecule has 0 fully saturated rings. The number of ether oxygens (including phenoxy) is 1. The van der Waals surface area contributed by atoms with Gasteiger partial charge in [0.05, 0.1) is 0 Å². The van der Waals surface area contributed by atoms with E-state index in [4.69, 9.17) is 4.74 Å². The van der Waals surface area contributed by atoms with Gasteiger partial charge in [0, 0.05) is 16.7 Å². The lowest BCUT2D eigenvalue weighted by molar-refractivity contribution is 0.155. The van der Waals surface area contributed by atoms with Gasteiger partial charge >= 0.3 is 0 Å². The number of hydrogen-bond donors (Lipinski definition) is 0. The molecule has 2 aliphatic rings. The van der Waals surface area contributed by atoms with E-state index in [1.165, 1.54) is 50.1 Å². The summed E-state index contributed by atoms with van der Waals surface area (Å²) in [5.74, 6) is 1.03. The predicted molar refractivity (Wildman–Crippen MR) is 134 cm³/mol. The van der Waals surface area contributed by atoms with Crippen LogP contribution >= 0.6 is 0 Å². The average molecular weight is 413 g/mol. The molecule has 1 nitrogen and oxygen atoms in total. The molecule has 0 unspecified atom stereocenters. The van der Waals surface area contributed by atoms with E-state index in [0.717, 1.165) is 12.2 Å². The van der Waals surface area contributed by atoms with E-state index >= 15 is 0 Å². The Morgan fingerprint density at radius 3 is 1.68 bits per heavy atom. The molecule has 0 saturated heterocycles. The molecule has 0 radical (unpaired) electrons. The summed E-state index contributed by atoms with van der Waals surface area (Å²) in [5, 5.41) is 0. The molecule has 162 valence electrons. The van der Waals surface area contributed by atoms with E-state index in [0.29, 0.717) is 0 Å². The quantitative estimate of drug-likeness (QED) is 0.361. The van der Waals surface area contributed by atoms with Crippen LogP contribution in [0.1, 0.15) is 77.8 Å².